The number of morpholine rings is 1. The Labute approximate surface area is 145 Å². The lowest BCUT2D eigenvalue weighted by Gasteiger charge is -2.46. The third-order valence-corrected chi connectivity index (χ3v) is 5.52. The van der Waals surface area contributed by atoms with Gasteiger partial charge >= 0.3 is 0 Å². The minimum atomic E-state index is 0.367. The van der Waals surface area contributed by atoms with Crippen LogP contribution in [0, 0.1) is 5.92 Å². The Balaban J connectivity index is 1.71. The van der Waals surface area contributed by atoms with E-state index in [4.69, 9.17) is 16.3 Å². The highest BCUT2D eigenvalue weighted by Crippen LogP contribution is 2.26. The number of nitrogens with one attached hydrogen (secondary N) is 1. The standard InChI is InChI=1S/C19H29ClN2O/c1-14(2)19-12-22(17-7-9-21-10-8-17)18(13-23-19)11-15-3-5-16(20)6-4-15/h3-6,14,17-19,21H,7-13H2,1-2H3/t18-,19?/m0/s1. The van der Waals surface area contributed by atoms with Crippen molar-refractivity contribution in [3.05, 3.63) is 34.9 Å². The highest BCUT2D eigenvalue weighted by molar-refractivity contribution is 6.30. The summed E-state index contributed by atoms with van der Waals surface area (Å²) < 4.78 is 6.19. The molecule has 1 aromatic carbocycles. The summed E-state index contributed by atoms with van der Waals surface area (Å²) in [5.41, 5.74) is 1.35. The van der Waals surface area contributed by atoms with Gasteiger partial charge in [-0.15, -0.1) is 0 Å². The van der Waals surface area contributed by atoms with Crippen molar-refractivity contribution < 1.29 is 4.74 Å². The molecule has 2 saturated heterocycles. The van der Waals surface area contributed by atoms with E-state index in [2.05, 4.69) is 36.2 Å². The third kappa shape index (κ3) is 4.48. The van der Waals surface area contributed by atoms with Gasteiger partial charge in [0.1, 0.15) is 0 Å². The molecule has 1 aromatic rings. The lowest BCUT2D eigenvalue weighted by molar-refractivity contribution is -0.0986. The van der Waals surface area contributed by atoms with Gasteiger partial charge in [-0.2, -0.15) is 0 Å². The van der Waals surface area contributed by atoms with Gasteiger partial charge in [0, 0.05) is 23.7 Å². The topological polar surface area (TPSA) is 24.5 Å². The fraction of sp³-hybridized carbons (Fsp3) is 0.684. The van der Waals surface area contributed by atoms with Crippen LogP contribution in [0.15, 0.2) is 24.3 Å². The third-order valence-electron chi connectivity index (χ3n) is 5.27. The van der Waals surface area contributed by atoms with Crippen LogP contribution in [0.2, 0.25) is 5.02 Å². The summed E-state index contributed by atoms with van der Waals surface area (Å²) >= 11 is 6.02. The summed E-state index contributed by atoms with van der Waals surface area (Å²) in [7, 11) is 0. The predicted molar refractivity (Wildman–Crippen MR) is 96.1 cm³/mol. The lowest BCUT2D eigenvalue weighted by Crippen LogP contribution is -2.57. The van der Waals surface area contributed by atoms with Crippen molar-refractivity contribution >= 4 is 11.6 Å². The molecule has 0 amide bonds. The molecule has 0 saturated carbocycles. The molecule has 0 radical (unpaired) electrons. The predicted octanol–water partition coefficient (Wildman–Crippen LogP) is 3.36. The first-order valence-electron chi connectivity index (χ1n) is 8.96. The maximum atomic E-state index is 6.19. The molecule has 0 aliphatic carbocycles. The molecule has 3 rings (SSSR count). The summed E-state index contributed by atoms with van der Waals surface area (Å²) in [6.07, 6.45) is 3.92. The maximum absolute atomic E-state index is 6.19. The fourth-order valence-corrected chi connectivity index (χ4v) is 3.92. The number of nitrogens with zero attached hydrogens (tertiary/aromatic N) is 1. The number of hydrogen-bond donors (Lipinski definition) is 1. The molecule has 23 heavy (non-hydrogen) atoms. The van der Waals surface area contributed by atoms with Crippen LogP contribution in [0.3, 0.4) is 0 Å². The molecule has 0 spiro atoms. The number of ether oxygens (including phenoxy) is 1. The molecule has 0 aromatic heterocycles. The second-order valence-electron chi connectivity index (χ2n) is 7.28. The van der Waals surface area contributed by atoms with E-state index < -0.39 is 0 Å². The van der Waals surface area contributed by atoms with Crippen LogP contribution in [0.4, 0.5) is 0 Å². The molecule has 2 atom stereocenters. The summed E-state index contributed by atoms with van der Waals surface area (Å²) in [5.74, 6) is 0.579. The monoisotopic (exact) mass is 336 g/mol. The van der Waals surface area contributed by atoms with Gasteiger partial charge in [0.25, 0.3) is 0 Å². The number of hydrogen-bond acceptors (Lipinski definition) is 3. The zero-order chi connectivity index (χ0) is 16.2. The first-order valence-corrected chi connectivity index (χ1v) is 9.34. The van der Waals surface area contributed by atoms with Crippen molar-refractivity contribution in [3.8, 4) is 0 Å². The molecule has 128 valence electrons. The van der Waals surface area contributed by atoms with Crippen LogP contribution in [0.5, 0.6) is 0 Å². The molecular formula is C19H29ClN2O. The second kappa shape index (κ2) is 7.98. The summed E-state index contributed by atoms with van der Waals surface area (Å²) in [4.78, 5) is 2.74. The highest BCUT2D eigenvalue weighted by Gasteiger charge is 2.35. The van der Waals surface area contributed by atoms with E-state index in [1.54, 1.807) is 0 Å². The van der Waals surface area contributed by atoms with Crippen LogP contribution in [0.25, 0.3) is 0 Å². The molecule has 3 nitrogen and oxygen atoms in total. The average Bonchev–Trinajstić information content (AvgIpc) is 2.58. The Morgan fingerprint density at radius 2 is 1.91 bits per heavy atom. The van der Waals surface area contributed by atoms with Gasteiger partial charge in [-0.3, -0.25) is 4.90 Å². The quantitative estimate of drug-likeness (QED) is 0.912. The zero-order valence-corrected chi connectivity index (χ0v) is 15.1. The number of halogens is 1. The normalized spacial score (nSPS) is 27.5. The lowest BCUT2D eigenvalue weighted by atomic mass is 9.95. The van der Waals surface area contributed by atoms with Crippen LogP contribution < -0.4 is 5.32 Å². The number of rotatable bonds is 4. The second-order valence-corrected chi connectivity index (χ2v) is 7.71. The van der Waals surface area contributed by atoms with Crippen molar-refractivity contribution in [2.75, 3.05) is 26.2 Å². The SMILES string of the molecule is CC(C)C1CN(C2CCNCC2)[C@@H](Cc2ccc(Cl)cc2)CO1. The molecule has 2 aliphatic rings. The largest absolute Gasteiger partial charge is 0.375 e. The van der Waals surface area contributed by atoms with Gasteiger partial charge in [0.15, 0.2) is 0 Å². The highest BCUT2D eigenvalue weighted by atomic mass is 35.5. The summed E-state index contributed by atoms with van der Waals surface area (Å²) in [6, 6.07) is 9.46. The van der Waals surface area contributed by atoms with E-state index in [0.29, 0.717) is 24.1 Å². The van der Waals surface area contributed by atoms with Gasteiger partial charge in [0.2, 0.25) is 0 Å². The summed E-state index contributed by atoms with van der Waals surface area (Å²) in [5, 5.41) is 4.29. The first-order chi connectivity index (χ1) is 11.1. The van der Waals surface area contributed by atoms with Crippen LogP contribution in [0.1, 0.15) is 32.3 Å². The number of benzene rings is 1. The zero-order valence-electron chi connectivity index (χ0n) is 14.3. The Kier molecular flexibility index (Phi) is 5.97. The Morgan fingerprint density at radius 3 is 2.57 bits per heavy atom. The van der Waals surface area contributed by atoms with Crippen molar-refractivity contribution in [2.45, 2.75) is 51.3 Å². The first kappa shape index (κ1) is 17.2. The van der Waals surface area contributed by atoms with E-state index in [9.17, 15) is 0 Å². The minimum Gasteiger partial charge on any atom is -0.375 e. The molecule has 0 bridgehead atoms. The van der Waals surface area contributed by atoms with Crippen molar-refractivity contribution in [1.29, 1.82) is 0 Å². The van der Waals surface area contributed by atoms with Gasteiger partial charge in [-0.25, -0.2) is 0 Å². The van der Waals surface area contributed by atoms with Crippen LogP contribution in [-0.2, 0) is 11.2 Å². The van der Waals surface area contributed by atoms with Crippen molar-refractivity contribution in [1.82, 2.24) is 10.2 Å². The molecule has 4 heteroatoms. The van der Waals surface area contributed by atoms with Crippen molar-refractivity contribution in [2.24, 2.45) is 5.92 Å². The molecule has 1 N–H and O–H groups in total. The molecule has 1 unspecified atom stereocenters. The Hall–Kier alpha value is -0.610. The average molecular weight is 337 g/mol. The molecule has 2 fully saturated rings. The Bertz CT molecular complexity index is 485. The van der Waals surface area contributed by atoms with E-state index >= 15 is 0 Å². The smallest absolute Gasteiger partial charge is 0.0725 e. The van der Waals surface area contributed by atoms with E-state index in [0.717, 1.165) is 37.7 Å². The van der Waals surface area contributed by atoms with Crippen LogP contribution >= 0.6 is 11.6 Å². The molecular weight excluding hydrogens is 308 g/mol. The maximum Gasteiger partial charge on any atom is 0.0725 e. The minimum absolute atomic E-state index is 0.367. The Morgan fingerprint density at radius 1 is 1.22 bits per heavy atom. The van der Waals surface area contributed by atoms with Gasteiger partial charge in [-0.1, -0.05) is 37.6 Å². The fourth-order valence-electron chi connectivity index (χ4n) is 3.80. The van der Waals surface area contributed by atoms with E-state index in [1.165, 1.54) is 18.4 Å². The van der Waals surface area contributed by atoms with Crippen LogP contribution in [-0.4, -0.2) is 49.3 Å². The van der Waals surface area contributed by atoms with Crippen molar-refractivity contribution in [3.63, 3.8) is 0 Å². The van der Waals surface area contributed by atoms with Gasteiger partial charge < -0.3 is 10.1 Å². The van der Waals surface area contributed by atoms with Gasteiger partial charge in [0.05, 0.1) is 12.7 Å². The molecule has 2 aliphatic heterocycles. The van der Waals surface area contributed by atoms with E-state index in [-0.39, 0.29) is 0 Å². The summed E-state index contributed by atoms with van der Waals surface area (Å²) in [6.45, 7) is 8.73. The van der Waals surface area contributed by atoms with Gasteiger partial charge in [-0.05, 0) is 56.0 Å². The van der Waals surface area contributed by atoms with E-state index in [1.807, 2.05) is 12.1 Å². The number of piperidine rings is 1. The molecule has 2 heterocycles.